The lowest BCUT2D eigenvalue weighted by atomic mass is 9.97. The number of rotatable bonds is 7. The van der Waals surface area contributed by atoms with Crippen molar-refractivity contribution in [2.75, 3.05) is 25.0 Å². The number of aliphatic hydroxyl groups is 1. The van der Waals surface area contributed by atoms with Gasteiger partial charge in [-0.15, -0.1) is 0 Å². The third-order valence-electron chi connectivity index (χ3n) is 3.62. The Balaban J connectivity index is 2.11. The minimum absolute atomic E-state index is 0.202. The molecule has 0 saturated heterocycles. The van der Waals surface area contributed by atoms with Crippen molar-refractivity contribution in [2.24, 2.45) is 0 Å². The molecule has 1 fully saturated rings. The van der Waals surface area contributed by atoms with Crippen LogP contribution in [0.3, 0.4) is 0 Å². The third-order valence-corrected chi connectivity index (χ3v) is 5.47. The van der Waals surface area contributed by atoms with Gasteiger partial charge in [0.15, 0.2) is 0 Å². The molecule has 0 spiro atoms. The average Bonchev–Trinajstić information content (AvgIpc) is 2.49. The third kappa shape index (κ3) is 4.31. The normalized spacial score (nSPS) is 22.3. The molecule has 2 rings (SSSR count). The van der Waals surface area contributed by atoms with Crippen molar-refractivity contribution >= 4 is 15.7 Å². The molecular formula is C14H22N2O5S. The molecule has 1 aromatic rings. The largest absolute Gasteiger partial charge is 0.474 e. The first kappa shape index (κ1) is 17.0. The lowest BCUT2D eigenvalue weighted by Gasteiger charge is -2.27. The van der Waals surface area contributed by atoms with E-state index < -0.39 is 21.4 Å². The van der Waals surface area contributed by atoms with Crippen LogP contribution in [0.15, 0.2) is 18.3 Å². The summed E-state index contributed by atoms with van der Waals surface area (Å²) < 4.78 is 37.7. The summed E-state index contributed by atoms with van der Waals surface area (Å²) in [5.74, 6) is 0.202. The Kier molecular flexibility index (Phi) is 5.98. The van der Waals surface area contributed by atoms with E-state index in [2.05, 4.69) is 9.71 Å². The smallest absolute Gasteiger partial charge is 0.238 e. The zero-order valence-corrected chi connectivity index (χ0v) is 13.4. The van der Waals surface area contributed by atoms with Gasteiger partial charge in [-0.25, -0.2) is 13.4 Å². The molecule has 2 atom stereocenters. The van der Waals surface area contributed by atoms with Gasteiger partial charge in [0.1, 0.15) is 17.5 Å². The Morgan fingerprint density at radius 2 is 2.14 bits per heavy atom. The highest BCUT2D eigenvalue weighted by molar-refractivity contribution is 7.93. The van der Waals surface area contributed by atoms with Crippen molar-refractivity contribution in [3.05, 3.63) is 18.3 Å². The number of methoxy groups -OCH3 is 1. The Labute approximate surface area is 130 Å². The lowest BCUT2D eigenvalue weighted by molar-refractivity contribution is 0.133. The van der Waals surface area contributed by atoms with E-state index in [4.69, 9.17) is 9.47 Å². The molecule has 22 heavy (non-hydrogen) atoms. The second-order valence-corrected chi connectivity index (χ2v) is 7.13. The van der Waals surface area contributed by atoms with E-state index in [9.17, 15) is 13.5 Å². The average molecular weight is 330 g/mol. The Bertz CT molecular complexity index is 578. The second kappa shape index (κ2) is 7.75. The van der Waals surface area contributed by atoms with E-state index in [1.165, 1.54) is 6.20 Å². The molecule has 8 heteroatoms. The number of nitrogens with one attached hydrogen (secondary N) is 1. The van der Waals surface area contributed by atoms with Crippen LogP contribution in [-0.2, 0) is 14.8 Å². The molecule has 0 bridgehead atoms. The SMILES string of the molecule is COCCOc1ncccc1NS(=O)(=O)[C@H]1CCCC[C@@H]1O. The number of anilines is 1. The van der Waals surface area contributed by atoms with Gasteiger partial charge in [0, 0.05) is 13.3 Å². The molecule has 0 amide bonds. The molecule has 0 aliphatic heterocycles. The molecule has 1 aliphatic rings. The van der Waals surface area contributed by atoms with Crippen LogP contribution in [-0.4, -0.2) is 50.2 Å². The molecule has 1 heterocycles. The van der Waals surface area contributed by atoms with E-state index >= 15 is 0 Å². The number of hydrogen-bond donors (Lipinski definition) is 2. The van der Waals surface area contributed by atoms with Gasteiger partial charge >= 0.3 is 0 Å². The van der Waals surface area contributed by atoms with Crippen LogP contribution in [0.1, 0.15) is 25.7 Å². The van der Waals surface area contributed by atoms with Crippen LogP contribution in [0.5, 0.6) is 5.88 Å². The fourth-order valence-electron chi connectivity index (χ4n) is 2.47. The maximum absolute atomic E-state index is 12.5. The van der Waals surface area contributed by atoms with Gasteiger partial charge in [-0.05, 0) is 25.0 Å². The Hall–Kier alpha value is -1.38. The number of ether oxygens (including phenoxy) is 2. The molecule has 1 aromatic heterocycles. The van der Waals surface area contributed by atoms with Gasteiger partial charge in [0.25, 0.3) is 0 Å². The lowest BCUT2D eigenvalue weighted by Crippen LogP contribution is -2.40. The van der Waals surface area contributed by atoms with Crippen molar-refractivity contribution in [3.63, 3.8) is 0 Å². The highest BCUT2D eigenvalue weighted by Gasteiger charge is 2.35. The summed E-state index contributed by atoms with van der Waals surface area (Å²) in [5.41, 5.74) is 0.274. The molecular weight excluding hydrogens is 308 g/mol. The summed E-state index contributed by atoms with van der Waals surface area (Å²) in [4.78, 5) is 4.03. The van der Waals surface area contributed by atoms with Crippen LogP contribution in [0, 0.1) is 0 Å². The first-order valence-corrected chi connectivity index (χ1v) is 8.85. The molecule has 124 valence electrons. The summed E-state index contributed by atoms with van der Waals surface area (Å²) in [7, 11) is -2.14. The summed E-state index contributed by atoms with van der Waals surface area (Å²) in [6, 6.07) is 3.21. The van der Waals surface area contributed by atoms with Gasteiger partial charge in [-0.2, -0.15) is 0 Å². The molecule has 1 aliphatic carbocycles. The summed E-state index contributed by atoms with van der Waals surface area (Å²) in [6.45, 7) is 0.651. The fraction of sp³-hybridized carbons (Fsp3) is 0.643. The number of pyridine rings is 1. The van der Waals surface area contributed by atoms with Gasteiger partial charge in [-0.1, -0.05) is 12.8 Å². The minimum atomic E-state index is -3.69. The molecule has 0 radical (unpaired) electrons. The van der Waals surface area contributed by atoms with E-state index in [-0.39, 0.29) is 18.2 Å². The summed E-state index contributed by atoms with van der Waals surface area (Å²) in [5, 5.41) is 9.14. The number of aromatic nitrogens is 1. The summed E-state index contributed by atoms with van der Waals surface area (Å²) in [6.07, 6.45) is 3.31. The predicted molar refractivity (Wildman–Crippen MR) is 82.4 cm³/mol. The summed E-state index contributed by atoms with van der Waals surface area (Å²) >= 11 is 0. The van der Waals surface area contributed by atoms with Gasteiger partial charge < -0.3 is 14.6 Å². The van der Waals surface area contributed by atoms with E-state index in [1.54, 1.807) is 19.2 Å². The van der Waals surface area contributed by atoms with Crippen LogP contribution >= 0.6 is 0 Å². The van der Waals surface area contributed by atoms with Crippen LogP contribution in [0.4, 0.5) is 5.69 Å². The maximum Gasteiger partial charge on any atom is 0.238 e. The monoisotopic (exact) mass is 330 g/mol. The first-order valence-electron chi connectivity index (χ1n) is 7.31. The Morgan fingerprint density at radius 1 is 1.36 bits per heavy atom. The molecule has 2 N–H and O–H groups in total. The van der Waals surface area contributed by atoms with Crippen LogP contribution in [0.2, 0.25) is 0 Å². The van der Waals surface area contributed by atoms with Gasteiger partial charge in [0.2, 0.25) is 15.9 Å². The topological polar surface area (TPSA) is 97.8 Å². The van der Waals surface area contributed by atoms with Crippen molar-refractivity contribution in [3.8, 4) is 5.88 Å². The van der Waals surface area contributed by atoms with Crippen molar-refractivity contribution in [1.82, 2.24) is 4.98 Å². The fourth-order valence-corrected chi connectivity index (χ4v) is 4.11. The van der Waals surface area contributed by atoms with Crippen LogP contribution in [0.25, 0.3) is 0 Å². The Morgan fingerprint density at radius 3 is 2.86 bits per heavy atom. The maximum atomic E-state index is 12.5. The molecule has 7 nitrogen and oxygen atoms in total. The van der Waals surface area contributed by atoms with Gasteiger partial charge in [0.05, 0.1) is 12.7 Å². The van der Waals surface area contributed by atoms with Crippen molar-refractivity contribution in [2.45, 2.75) is 37.0 Å². The van der Waals surface area contributed by atoms with E-state index in [1.807, 2.05) is 0 Å². The first-order chi connectivity index (χ1) is 10.5. The van der Waals surface area contributed by atoms with E-state index in [0.717, 1.165) is 12.8 Å². The quantitative estimate of drug-likeness (QED) is 0.728. The molecule has 0 unspecified atom stereocenters. The highest BCUT2D eigenvalue weighted by Crippen LogP contribution is 2.28. The predicted octanol–water partition coefficient (Wildman–Crippen LogP) is 1.15. The second-order valence-electron chi connectivity index (χ2n) is 5.23. The number of hydrogen-bond acceptors (Lipinski definition) is 6. The zero-order valence-electron chi connectivity index (χ0n) is 12.6. The van der Waals surface area contributed by atoms with Gasteiger partial charge in [-0.3, -0.25) is 4.72 Å². The highest BCUT2D eigenvalue weighted by atomic mass is 32.2. The number of aliphatic hydroxyl groups excluding tert-OH is 1. The van der Waals surface area contributed by atoms with Crippen LogP contribution < -0.4 is 9.46 Å². The molecule has 0 aromatic carbocycles. The number of nitrogens with zero attached hydrogens (tertiary/aromatic N) is 1. The van der Waals surface area contributed by atoms with Crippen molar-refractivity contribution in [1.29, 1.82) is 0 Å². The number of sulfonamides is 1. The van der Waals surface area contributed by atoms with E-state index in [0.29, 0.717) is 19.4 Å². The zero-order chi connectivity index (χ0) is 16.0. The van der Waals surface area contributed by atoms with Crippen molar-refractivity contribution < 1.29 is 23.0 Å². The molecule has 1 saturated carbocycles. The minimum Gasteiger partial charge on any atom is -0.474 e. The standard InChI is InChI=1S/C14H22N2O5S/c1-20-9-10-21-14-11(5-4-8-15-14)16-22(18,19)13-7-3-2-6-12(13)17/h4-5,8,12-13,16-17H,2-3,6-7,9-10H2,1H3/t12-,13-/m0/s1.